The Bertz CT molecular complexity index is 574. The zero-order chi connectivity index (χ0) is 13.2. The maximum Gasteiger partial charge on any atom is 0.242 e. The van der Waals surface area contributed by atoms with Gasteiger partial charge in [-0.2, -0.15) is 0 Å². The molecule has 3 nitrogen and oxygen atoms in total. The van der Waals surface area contributed by atoms with Crippen LogP contribution in [0.4, 0.5) is 0 Å². The van der Waals surface area contributed by atoms with Gasteiger partial charge >= 0.3 is 0 Å². The quantitative estimate of drug-likeness (QED) is 0.863. The third-order valence-corrected chi connectivity index (χ3v) is 3.35. The Kier molecular flexibility index (Phi) is 3.34. The van der Waals surface area contributed by atoms with Crippen LogP contribution in [-0.2, 0) is 10.3 Å². The Balaban J connectivity index is 2.68. The molecule has 18 heavy (non-hydrogen) atoms. The predicted octanol–water partition coefficient (Wildman–Crippen LogP) is 2.15. The van der Waals surface area contributed by atoms with Gasteiger partial charge < -0.3 is 11.1 Å². The van der Waals surface area contributed by atoms with Crippen LogP contribution in [0.5, 0.6) is 0 Å². The van der Waals surface area contributed by atoms with Crippen molar-refractivity contribution in [1.82, 2.24) is 5.32 Å². The van der Waals surface area contributed by atoms with E-state index < -0.39 is 5.54 Å². The summed E-state index contributed by atoms with van der Waals surface area (Å²) >= 11 is 0. The van der Waals surface area contributed by atoms with E-state index in [2.05, 4.69) is 5.32 Å². The summed E-state index contributed by atoms with van der Waals surface area (Å²) in [5, 5.41) is 5.36. The van der Waals surface area contributed by atoms with E-state index in [-0.39, 0.29) is 5.91 Å². The van der Waals surface area contributed by atoms with E-state index in [9.17, 15) is 4.79 Å². The number of carbonyl (C=O) groups excluding carboxylic acids is 1. The van der Waals surface area contributed by atoms with Crippen LogP contribution in [0, 0.1) is 0 Å². The van der Waals surface area contributed by atoms with Gasteiger partial charge in [0.05, 0.1) is 0 Å². The van der Waals surface area contributed by atoms with Crippen molar-refractivity contribution in [2.75, 3.05) is 6.54 Å². The van der Waals surface area contributed by atoms with Crippen LogP contribution in [0.25, 0.3) is 10.8 Å². The summed E-state index contributed by atoms with van der Waals surface area (Å²) in [4.78, 5) is 11.8. The van der Waals surface area contributed by atoms with E-state index in [1.54, 1.807) is 0 Å². The van der Waals surface area contributed by atoms with Crippen LogP contribution < -0.4 is 11.1 Å². The maximum absolute atomic E-state index is 11.8. The number of carbonyl (C=O) groups is 1. The van der Waals surface area contributed by atoms with E-state index in [0.29, 0.717) is 6.54 Å². The minimum Gasteiger partial charge on any atom is -0.368 e. The molecule has 0 aliphatic rings. The molecule has 0 aliphatic heterocycles. The van der Waals surface area contributed by atoms with Crippen molar-refractivity contribution in [2.24, 2.45) is 5.73 Å². The third kappa shape index (κ3) is 1.97. The summed E-state index contributed by atoms with van der Waals surface area (Å²) in [6, 6.07) is 14.0. The van der Waals surface area contributed by atoms with Crippen LogP contribution in [0.3, 0.4) is 0 Å². The zero-order valence-corrected chi connectivity index (χ0v) is 10.7. The molecule has 1 amide bonds. The first-order valence-electron chi connectivity index (χ1n) is 6.12. The highest BCUT2D eigenvalue weighted by atomic mass is 16.1. The maximum atomic E-state index is 11.8. The van der Waals surface area contributed by atoms with Gasteiger partial charge in [0.1, 0.15) is 5.54 Å². The highest BCUT2D eigenvalue weighted by Gasteiger charge is 2.33. The minimum atomic E-state index is -0.838. The Labute approximate surface area is 107 Å². The normalized spacial score (nSPS) is 14.3. The molecule has 1 unspecified atom stereocenters. The summed E-state index contributed by atoms with van der Waals surface area (Å²) in [7, 11) is 0. The number of fused-ring (bicyclic) bond motifs is 1. The van der Waals surface area contributed by atoms with Gasteiger partial charge in [0.15, 0.2) is 0 Å². The molecular formula is C15H18N2O. The van der Waals surface area contributed by atoms with E-state index in [1.165, 1.54) is 0 Å². The molecule has 2 aromatic rings. The van der Waals surface area contributed by atoms with Crippen molar-refractivity contribution in [1.29, 1.82) is 0 Å². The van der Waals surface area contributed by atoms with Gasteiger partial charge in [-0.15, -0.1) is 0 Å². The predicted molar refractivity (Wildman–Crippen MR) is 74.2 cm³/mol. The summed E-state index contributed by atoms with van der Waals surface area (Å²) in [5.74, 6) is -0.360. The summed E-state index contributed by atoms with van der Waals surface area (Å²) in [6.45, 7) is 4.48. The molecule has 2 rings (SSSR count). The molecule has 0 heterocycles. The second-order valence-corrected chi connectivity index (χ2v) is 4.55. The third-order valence-electron chi connectivity index (χ3n) is 3.35. The van der Waals surface area contributed by atoms with Gasteiger partial charge in [-0.25, -0.2) is 0 Å². The summed E-state index contributed by atoms with van der Waals surface area (Å²) in [6.07, 6.45) is 0. The Hall–Kier alpha value is -1.87. The van der Waals surface area contributed by atoms with Crippen molar-refractivity contribution in [2.45, 2.75) is 19.4 Å². The molecule has 0 radical (unpaired) electrons. The molecule has 0 bridgehead atoms. The SMILES string of the molecule is CCNC(C)(C(N)=O)c1cccc2ccccc12. The van der Waals surface area contributed by atoms with Gasteiger partial charge in [0, 0.05) is 0 Å². The second kappa shape index (κ2) is 4.78. The van der Waals surface area contributed by atoms with E-state index in [4.69, 9.17) is 5.73 Å². The molecule has 3 N–H and O–H groups in total. The number of benzene rings is 2. The first-order chi connectivity index (χ1) is 8.59. The van der Waals surface area contributed by atoms with E-state index in [0.717, 1.165) is 16.3 Å². The minimum absolute atomic E-state index is 0.360. The lowest BCUT2D eigenvalue weighted by molar-refractivity contribution is -0.124. The fraction of sp³-hybridized carbons (Fsp3) is 0.267. The average molecular weight is 242 g/mol. The average Bonchev–Trinajstić information content (AvgIpc) is 2.38. The number of amides is 1. The van der Waals surface area contributed by atoms with Crippen molar-refractivity contribution in [3.63, 3.8) is 0 Å². The lowest BCUT2D eigenvalue weighted by Crippen LogP contribution is -2.50. The molecule has 2 aromatic carbocycles. The van der Waals surface area contributed by atoms with Gasteiger partial charge in [-0.1, -0.05) is 49.4 Å². The Morgan fingerprint density at radius 2 is 1.89 bits per heavy atom. The van der Waals surface area contributed by atoms with Gasteiger partial charge in [0.25, 0.3) is 0 Å². The van der Waals surface area contributed by atoms with Crippen LogP contribution in [-0.4, -0.2) is 12.5 Å². The van der Waals surface area contributed by atoms with Crippen molar-refractivity contribution >= 4 is 16.7 Å². The first-order valence-corrected chi connectivity index (χ1v) is 6.12. The molecule has 1 atom stereocenters. The highest BCUT2D eigenvalue weighted by Crippen LogP contribution is 2.28. The standard InChI is InChI=1S/C15H18N2O/c1-3-17-15(2,14(16)18)13-10-6-8-11-7-4-5-9-12(11)13/h4-10,17H,3H2,1-2H3,(H2,16,18). The first kappa shape index (κ1) is 12.6. The van der Waals surface area contributed by atoms with Crippen molar-refractivity contribution < 1.29 is 4.79 Å². The number of primary amides is 1. The molecule has 0 aromatic heterocycles. The topological polar surface area (TPSA) is 55.1 Å². The number of hydrogen-bond acceptors (Lipinski definition) is 2. The smallest absolute Gasteiger partial charge is 0.242 e. The van der Waals surface area contributed by atoms with E-state index in [1.807, 2.05) is 56.3 Å². The fourth-order valence-corrected chi connectivity index (χ4v) is 2.33. The lowest BCUT2D eigenvalue weighted by atomic mass is 9.87. The number of nitrogens with two attached hydrogens (primary N) is 1. The summed E-state index contributed by atoms with van der Waals surface area (Å²) in [5.41, 5.74) is 5.67. The zero-order valence-electron chi connectivity index (χ0n) is 10.7. The van der Waals surface area contributed by atoms with Crippen LogP contribution in [0.15, 0.2) is 42.5 Å². The van der Waals surface area contributed by atoms with Gasteiger partial charge in [-0.3, -0.25) is 4.79 Å². The molecule has 0 saturated carbocycles. The summed E-state index contributed by atoms with van der Waals surface area (Å²) < 4.78 is 0. The Morgan fingerprint density at radius 1 is 1.22 bits per heavy atom. The highest BCUT2D eigenvalue weighted by molar-refractivity contribution is 5.94. The fourth-order valence-electron chi connectivity index (χ4n) is 2.33. The largest absolute Gasteiger partial charge is 0.368 e. The molecule has 0 fully saturated rings. The van der Waals surface area contributed by atoms with Crippen LogP contribution in [0.1, 0.15) is 19.4 Å². The van der Waals surface area contributed by atoms with Crippen molar-refractivity contribution in [3.05, 3.63) is 48.0 Å². The molecule has 3 heteroatoms. The number of nitrogens with one attached hydrogen (secondary N) is 1. The monoisotopic (exact) mass is 242 g/mol. The van der Waals surface area contributed by atoms with Crippen LogP contribution in [0.2, 0.25) is 0 Å². The lowest BCUT2D eigenvalue weighted by Gasteiger charge is -2.28. The molecule has 0 spiro atoms. The molecule has 0 aliphatic carbocycles. The van der Waals surface area contributed by atoms with E-state index >= 15 is 0 Å². The molecule has 94 valence electrons. The number of hydrogen-bond donors (Lipinski definition) is 2. The van der Waals surface area contributed by atoms with Gasteiger partial charge in [0.2, 0.25) is 5.91 Å². The molecule has 0 saturated heterocycles. The van der Waals surface area contributed by atoms with Gasteiger partial charge in [-0.05, 0) is 29.8 Å². The van der Waals surface area contributed by atoms with Crippen molar-refractivity contribution in [3.8, 4) is 0 Å². The Morgan fingerprint density at radius 3 is 2.56 bits per heavy atom. The second-order valence-electron chi connectivity index (χ2n) is 4.55. The van der Waals surface area contributed by atoms with Crippen LogP contribution >= 0.6 is 0 Å². The number of rotatable bonds is 4. The number of likely N-dealkylation sites (N-methyl/N-ethyl adjacent to an activating group) is 1. The molecular weight excluding hydrogens is 224 g/mol.